The van der Waals surface area contributed by atoms with Gasteiger partial charge in [0.1, 0.15) is 11.8 Å². The highest BCUT2D eigenvalue weighted by molar-refractivity contribution is 6.29. The molecule has 1 aromatic heterocycles. The van der Waals surface area contributed by atoms with Crippen LogP contribution in [0.2, 0.25) is 5.15 Å². The number of nitrogens with zero attached hydrogens (tertiary/aromatic N) is 2. The molecule has 0 aliphatic rings. The van der Waals surface area contributed by atoms with Crippen molar-refractivity contribution < 1.29 is 4.74 Å². The second-order valence-electron chi connectivity index (χ2n) is 3.11. The molecule has 0 aliphatic carbocycles. The Kier molecular flexibility index (Phi) is 3.63. The average Bonchev–Trinajstić information content (AvgIpc) is 1.99. The summed E-state index contributed by atoms with van der Waals surface area (Å²) in [4.78, 5) is 8.22. The quantitative estimate of drug-likeness (QED) is 0.703. The van der Waals surface area contributed by atoms with Crippen molar-refractivity contribution in [2.75, 3.05) is 0 Å². The molecule has 0 saturated heterocycles. The molecule has 4 heteroatoms. The van der Waals surface area contributed by atoms with E-state index in [9.17, 15) is 0 Å². The van der Waals surface area contributed by atoms with E-state index in [2.05, 4.69) is 9.97 Å². The summed E-state index contributed by atoms with van der Waals surface area (Å²) in [5, 5.41) is 0.467. The molecule has 13 heavy (non-hydrogen) atoms. The molecule has 3 nitrogen and oxygen atoms in total. The summed E-state index contributed by atoms with van der Waals surface area (Å²) in [5.41, 5.74) is 0.863. The SMILES string of the molecule is Cc1cc(Cl)nc(COC(C)C)n1. The Morgan fingerprint density at radius 3 is 2.69 bits per heavy atom. The molecule has 0 spiro atoms. The molecular formula is C9H13ClN2O. The van der Waals surface area contributed by atoms with E-state index in [0.717, 1.165) is 5.69 Å². The van der Waals surface area contributed by atoms with Gasteiger partial charge in [-0.25, -0.2) is 9.97 Å². The van der Waals surface area contributed by atoms with E-state index in [1.54, 1.807) is 6.07 Å². The van der Waals surface area contributed by atoms with Gasteiger partial charge in [0, 0.05) is 5.69 Å². The van der Waals surface area contributed by atoms with Gasteiger partial charge in [0.2, 0.25) is 0 Å². The molecule has 0 unspecified atom stereocenters. The summed E-state index contributed by atoms with van der Waals surface area (Å²) < 4.78 is 5.35. The molecule has 0 aliphatic heterocycles. The van der Waals surface area contributed by atoms with E-state index in [0.29, 0.717) is 17.6 Å². The summed E-state index contributed by atoms with van der Waals surface area (Å²) in [6.07, 6.45) is 0.183. The summed E-state index contributed by atoms with van der Waals surface area (Å²) in [6, 6.07) is 1.72. The highest BCUT2D eigenvalue weighted by Crippen LogP contribution is 2.07. The maximum atomic E-state index is 5.76. The van der Waals surface area contributed by atoms with Crippen molar-refractivity contribution in [3.8, 4) is 0 Å². The lowest BCUT2D eigenvalue weighted by Crippen LogP contribution is -2.06. The predicted octanol–water partition coefficient (Wildman–Crippen LogP) is 2.36. The van der Waals surface area contributed by atoms with Gasteiger partial charge in [0.15, 0.2) is 5.82 Å². The number of aromatic nitrogens is 2. The number of ether oxygens (including phenoxy) is 1. The van der Waals surface area contributed by atoms with Crippen LogP contribution in [-0.2, 0) is 11.3 Å². The normalized spacial score (nSPS) is 10.8. The standard InChI is InChI=1S/C9H13ClN2O/c1-6(2)13-5-9-11-7(3)4-8(10)12-9/h4,6H,5H2,1-3H3. The Bertz CT molecular complexity index is 269. The van der Waals surface area contributed by atoms with Crippen molar-refractivity contribution in [3.63, 3.8) is 0 Å². The number of hydrogen-bond donors (Lipinski definition) is 0. The first-order valence-corrected chi connectivity index (χ1v) is 4.57. The second kappa shape index (κ2) is 4.53. The molecule has 72 valence electrons. The smallest absolute Gasteiger partial charge is 0.155 e. The summed E-state index contributed by atoms with van der Waals surface area (Å²) in [6.45, 7) is 6.24. The number of rotatable bonds is 3. The van der Waals surface area contributed by atoms with E-state index >= 15 is 0 Å². The van der Waals surface area contributed by atoms with Gasteiger partial charge < -0.3 is 4.74 Å². The monoisotopic (exact) mass is 200 g/mol. The van der Waals surface area contributed by atoms with Crippen LogP contribution >= 0.6 is 11.6 Å². The van der Waals surface area contributed by atoms with Gasteiger partial charge in [-0.15, -0.1) is 0 Å². The molecule has 0 radical (unpaired) electrons. The van der Waals surface area contributed by atoms with Crippen LogP contribution < -0.4 is 0 Å². The van der Waals surface area contributed by atoms with Gasteiger partial charge in [-0.3, -0.25) is 0 Å². The minimum Gasteiger partial charge on any atom is -0.371 e. The fourth-order valence-electron chi connectivity index (χ4n) is 0.895. The lowest BCUT2D eigenvalue weighted by atomic mass is 10.4. The minimum absolute atomic E-state index is 0.183. The zero-order valence-electron chi connectivity index (χ0n) is 8.04. The van der Waals surface area contributed by atoms with Crippen molar-refractivity contribution >= 4 is 11.6 Å². The van der Waals surface area contributed by atoms with Crippen molar-refractivity contribution in [1.82, 2.24) is 9.97 Å². The highest BCUT2D eigenvalue weighted by Gasteiger charge is 2.01. The molecule has 0 saturated carbocycles. The van der Waals surface area contributed by atoms with Crippen LogP contribution in [-0.4, -0.2) is 16.1 Å². The number of hydrogen-bond acceptors (Lipinski definition) is 3. The van der Waals surface area contributed by atoms with E-state index in [1.165, 1.54) is 0 Å². The Balaban J connectivity index is 2.66. The van der Waals surface area contributed by atoms with E-state index in [1.807, 2.05) is 20.8 Å². The molecule has 1 rings (SSSR count). The minimum atomic E-state index is 0.183. The van der Waals surface area contributed by atoms with Crippen LogP contribution in [0, 0.1) is 6.92 Å². The van der Waals surface area contributed by atoms with E-state index in [-0.39, 0.29) is 6.10 Å². The van der Waals surface area contributed by atoms with Crippen LogP contribution in [0.25, 0.3) is 0 Å². The Morgan fingerprint density at radius 2 is 2.15 bits per heavy atom. The van der Waals surface area contributed by atoms with Gasteiger partial charge in [0.25, 0.3) is 0 Å². The van der Waals surface area contributed by atoms with Crippen molar-refractivity contribution in [2.24, 2.45) is 0 Å². The van der Waals surface area contributed by atoms with Crippen LogP contribution in [0.1, 0.15) is 25.4 Å². The van der Waals surface area contributed by atoms with Crippen molar-refractivity contribution in [1.29, 1.82) is 0 Å². The largest absolute Gasteiger partial charge is 0.371 e. The Morgan fingerprint density at radius 1 is 1.46 bits per heavy atom. The first-order chi connectivity index (χ1) is 6.08. The van der Waals surface area contributed by atoms with Gasteiger partial charge in [0.05, 0.1) is 6.10 Å². The van der Waals surface area contributed by atoms with Gasteiger partial charge >= 0.3 is 0 Å². The van der Waals surface area contributed by atoms with Crippen LogP contribution in [0.15, 0.2) is 6.07 Å². The zero-order chi connectivity index (χ0) is 9.84. The van der Waals surface area contributed by atoms with Crippen LogP contribution in [0.5, 0.6) is 0 Å². The summed E-state index contributed by atoms with van der Waals surface area (Å²) >= 11 is 5.76. The maximum Gasteiger partial charge on any atom is 0.155 e. The Labute approximate surface area is 83.1 Å². The molecule has 0 atom stereocenters. The predicted molar refractivity (Wildman–Crippen MR) is 51.7 cm³/mol. The molecule has 1 aromatic rings. The topological polar surface area (TPSA) is 35.0 Å². The first kappa shape index (κ1) is 10.4. The molecule has 0 amide bonds. The van der Waals surface area contributed by atoms with Gasteiger partial charge in [-0.2, -0.15) is 0 Å². The van der Waals surface area contributed by atoms with E-state index < -0.39 is 0 Å². The molecule has 1 heterocycles. The summed E-state index contributed by atoms with van der Waals surface area (Å²) in [5.74, 6) is 0.638. The molecule has 0 bridgehead atoms. The van der Waals surface area contributed by atoms with Crippen molar-refractivity contribution in [3.05, 3.63) is 22.7 Å². The fraction of sp³-hybridized carbons (Fsp3) is 0.556. The van der Waals surface area contributed by atoms with Crippen molar-refractivity contribution in [2.45, 2.75) is 33.5 Å². The maximum absolute atomic E-state index is 5.76. The molecular weight excluding hydrogens is 188 g/mol. The average molecular weight is 201 g/mol. The van der Waals surface area contributed by atoms with Crippen LogP contribution in [0.4, 0.5) is 0 Å². The first-order valence-electron chi connectivity index (χ1n) is 4.19. The van der Waals surface area contributed by atoms with Crippen LogP contribution in [0.3, 0.4) is 0 Å². The zero-order valence-corrected chi connectivity index (χ0v) is 8.80. The Hall–Kier alpha value is -0.670. The fourth-order valence-corrected chi connectivity index (χ4v) is 1.15. The number of halogens is 1. The third-order valence-electron chi connectivity index (χ3n) is 1.42. The van der Waals surface area contributed by atoms with Gasteiger partial charge in [-0.05, 0) is 26.8 Å². The molecule has 0 N–H and O–H groups in total. The second-order valence-corrected chi connectivity index (χ2v) is 3.50. The lowest BCUT2D eigenvalue weighted by Gasteiger charge is -2.06. The third-order valence-corrected chi connectivity index (χ3v) is 1.61. The third kappa shape index (κ3) is 3.70. The molecule has 0 aromatic carbocycles. The van der Waals surface area contributed by atoms with E-state index in [4.69, 9.17) is 16.3 Å². The lowest BCUT2D eigenvalue weighted by molar-refractivity contribution is 0.0612. The number of aryl methyl sites for hydroxylation is 1. The highest BCUT2D eigenvalue weighted by atomic mass is 35.5. The van der Waals surface area contributed by atoms with Gasteiger partial charge in [-0.1, -0.05) is 11.6 Å². The molecule has 0 fully saturated rings. The summed E-state index contributed by atoms with van der Waals surface area (Å²) in [7, 11) is 0.